The summed E-state index contributed by atoms with van der Waals surface area (Å²) in [4.78, 5) is 0. The average molecular weight is 419 g/mol. The molecule has 0 bridgehead atoms. The van der Waals surface area contributed by atoms with Gasteiger partial charge in [-0.15, -0.1) is 24.0 Å². The van der Waals surface area contributed by atoms with Gasteiger partial charge >= 0.3 is 37.9 Å². The van der Waals surface area contributed by atoms with E-state index in [4.69, 9.17) is 17.0 Å². The molecule has 0 aliphatic heterocycles. The van der Waals surface area contributed by atoms with Crippen LogP contribution in [0.15, 0.2) is 60.7 Å². The van der Waals surface area contributed by atoms with E-state index in [1.54, 1.807) is 0 Å². The van der Waals surface area contributed by atoms with Gasteiger partial charge in [0.05, 0.1) is 0 Å². The summed E-state index contributed by atoms with van der Waals surface area (Å²) in [6.45, 7) is 2.30. The van der Waals surface area contributed by atoms with E-state index in [9.17, 15) is 0 Å². The summed E-state index contributed by atoms with van der Waals surface area (Å²) >= 11 is -0.826. The topological polar surface area (TPSA) is 0 Å². The monoisotopic (exact) mass is 417 g/mol. The van der Waals surface area contributed by atoms with Gasteiger partial charge in [0.2, 0.25) is 0 Å². The first-order chi connectivity index (χ1) is 11.3. The third kappa shape index (κ3) is 3.58. The van der Waals surface area contributed by atoms with Crippen molar-refractivity contribution in [3.8, 4) is 0 Å². The normalized spacial score (nSPS) is 20.0. The van der Waals surface area contributed by atoms with E-state index >= 15 is 0 Å². The molecule has 2 aromatic carbocycles. The van der Waals surface area contributed by atoms with Crippen molar-refractivity contribution in [1.82, 2.24) is 0 Å². The van der Waals surface area contributed by atoms with Crippen LogP contribution in [-0.2, 0) is 20.8 Å². The van der Waals surface area contributed by atoms with E-state index in [-0.39, 0.29) is 0 Å². The first-order valence-corrected chi connectivity index (χ1v) is 13.9. The van der Waals surface area contributed by atoms with Gasteiger partial charge in [-0.05, 0) is 11.1 Å². The Morgan fingerprint density at radius 3 is 1.61 bits per heavy atom. The Hall–Kier alpha value is -0.617. The molecule has 0 nitrogen and oxygen atoms in total. The predicted octanol–water partition coefficient (Wildman–Crippen LogP) is 6.58. The van der Waals surface area contributed by atoms with Crippen LogP contribution in [0.1, 0.15) is 41.0 Å². The van der Waals surface area contributed by atoms with Gasteiger partial charge in [0, 0.05) is 0 Å². The second-order valence-electron chi connectivity index (χ2n) is 5.75. The molecule has 116 valence electrons. The van der Waals surface area contributed by atoms with Gasteiger partial charge in [0.15, 0.2) is 0 Å². The number of allylic oxidation sites excluding steroid dienone is 2. The molecule has 0 saturated heterocycles. The van der Waals surface area contributed by atoms with E-state index in [1.165, 1.54) is 28.2 Å². The van der Waals surface area contributed by atoms with Crippen molar-refractivity contribution in [2.75, 3.05) is 0 Å². The second-order valence-corrected chi connectivity index (χ2v) is 9.48. The maximum absolute atomic E-state index is 4.93. The van der Waals surface area contributed by atoms with Crippen LogP contribution in [0, 0.1) is 5.92 Å². The second kappa shape index (κ2) is 7.97. The first-order valence-electron chi connectivity index (χ1n) is 7.60. The van der Waals surface area contributed by atoms with Gasteiger partial charge in [-0.3, -0.25) is 5.92 Å². The van der Waals surface area contributed by atoms with Crippen LogP contribution in [0.4, 0.5) is 0 Å². The fourth-order valence-electron chi connectivity index (χ4n) is 3.49. The molecule has 0 saturated carbocycles. The van der Waals surface area contributed by atoms with Gasteiger partial charge in [-0.25, -0.2) is 0 Å². The van der Waals surface area contributed by atoms with Crippen LogP contribution >= 0.6 is 17.0 Å². The van der Waals surface area contributed by atoms with E-state index in [2.05, 4.69) is 79.8 Å². The number of halogens is 2. The molecular formula is C20H17Cl2Zr-. The van der Waals surface area contributed by atoms with Gasteiger partial charge in [-0.1, -0.05) is 71.8 Å². The Labute approximate surface area is 156 Å². The van der Waals surface area contributed by atoms with E-state index in [1.807, 2.05) is 0 Å². The quantitative estimate of drug-likeness (QED) is 0.483. The van der Waals surface area contributed by atoms with Crippen LogP contribution in [0.5, 0.6) is 0 Å². The fraction of sp³-hybridized carbons (Fsp3) is 0.150. The standard InChI is InChI=1S/C20H17.2ClH.Zr/c1-14(17-12-10-15-6-2-4-8-19(15)17)18-13-11-16-7-3-5-9-20(16)18;;;/h2-13,17-18H,1H3;2*1H;/q-1;;;+2/p-2. The van der Waals surface area contributed by atoms with Crippen molar-refractivity contribution < 1.29 is 20.8 Å². The van der Waals surface area contributed by atoms with Gasteiger partial charge in [-0.2, -0.15) is 6.92 Å². The summed E-state index contributed by atoms with van der Waals surface area (Å²) < 4.78 is 0. The Bertz CT molecular complexity index is 674. The zero-order valence-corrected chi connectivity index (χ0v) is 16.8. The van der Waals surface area contributed by atoms with E-state index in [0.717, 1.165) is 0 Å². The Balaban J connectivity index is 0.000000485. The average Bonchev–Trinajstić information content (AvgIpc) is 3.19. The minimum atomic E-state index is -0.826. The molecule has 0 N–H and O–H groups in total. The molecule has 0 fully saturated rings. The summed E-state index contributed by atoms with van der Waals surface area (Å²) in [5, 5.41) is 0. The minimum absolute atomic E-state index is 0.451. The molecule has 0 spiro atoms. The molecule has 23 heavy (non-hydrogen) atoms. The molecule has 2 aromatic rings. The fourth-order valence-corrected chi connectivity index (χ4v) is 3.49. The van der Waals surface area contributed by atoms with Crippen LogP contribution in [0.25, 0.3) is 12.2 Å². The summed E-state index contributed by atoms with van der Waals surface area (Å²) in [6, 6.07) is 17.4. The van der Waals surface area contributed by atoms with Gasteiger partial charge in [0.25, 0.3) is 0 Å². The zero-order valence-electron chi connectivity index (χ0n) is 12.8. The molecule has 3 heteroatoms. The van der Waals surface area contributed by atoms with E-state index < -0.39 is 20.8 Å². The summed E-state index contributed by atoms with van der Waals surface area (Å²) in [5.74, 6) is 2.42. The molecule has 2 unspecified atom stereocenters. The van der Waals surface area contributed by atoms with Crippen molar-refractivity contribution in [2.45, 2.75) is 18.8 Å². The summed E-state index contributed by atoms with van der Waals surface area (Å²) in [5.41, 5.74) is 5.63. The van der Waals surface area contributed by atoms with Crippen molar-refractivity contribution in [1.29, 1.82) is 0 Å². The Morgan fingerprint density at radius 2 is 1.17 bits per heavy atom. The summed E-state index contributed by atoms with van der Waals surface area (Å²) in [6.07, 6.45) is 9.20. The van der Waals surface area contributed by atoms with Gasteiger partial charge in [0.1, 0.15) is 0 Å². The molecule has 2 aliphatic rings. The predicted molar refractivity (Wildman–Crippen MR) is 97.1 cm³/mol. The molecule has 0 amide bonds. The summed E-state index contributed by atoms with van der Waals surface area (Å²) in [7, 11) is 9.87. The van der Waals surface area contributed by atoms with Crippen LogP contribution in [-0.4, -0.2) is 0 Å². The first kappa shape index (κ1) is 17.2. The maximum atomic E-state index is 4.93. The molecule has 0 heterocycles. The molecule has 0 radical (unpaired) electrons. The molecule has 2 atom stereocenters. The van der Waals surface area contributed by atoms with Gasteiger partial charge < -0.3 is 0 Å². The number of rotatable bonds is 2. The van der Waals surface area contributed by atoms with E-state index in [0.29, 0.717) is 11.8 Å². The zero-order chi connectivity index (χ0) is 16.2. The molecular weight excluding hydrogens is 402 g/mol. The van der Waals surface area contributed by atoms with Crippen LogP contribution in [0.3, 0.4) is 0 Å². The SMILES string of the molecule is C[C-](C1C=Cc2ccccc21)C1C=Cc2ccccc21.[Cl][Zr][Cl]. The Kier molecular flexibility index (Phi) is 5.97. The molecule has 0 aromatic heterocycles. The molecule has 4 rings (SSSR count). The number of benzene rings is 2. The van der Waals surface area contributed by atoms with Crippen LogP contribution < -0.4 is 0 Å². The Morgan fingerprint density at radius 1 is 0.783 bits per heavy atom. The third-order valence-corrected chi connectivity index (χ3v) is 4.58. The number of hydrogen-bond donors (Lipinski definition) is 0. The molecule has 2 aliphatic carbocycles. The van der Waals surface area contributed by atoms with Crippen LogP contribution in [0.2, 0.25) is 0 Å². The van der Waals surface area contributed by atoms with Crippen molar-refractivity contribution >= 4 is 29.2 Å². The van der Waals surface area contributed by atoms with Crippen molar-refractivity contribution in [3.05, 3.63) is 88.9 Å². The third-order valence-electron chi connectivity index (χ3n) is 4.58. The number of fused-ring (bicyclic) bond motifs is 2. The van der Waals surface area contributed by atoms with Crippen molar-refractivity contribution in [3.63, 3.8) is 0 Å². The number of hydrogen-bond acceptors (Lipinski definition) is 0. The van der Waals surface area contributed by atoms with Crippen molar-refractivity contribution in [2.24, 2.45) is 0 Å².